The van der Waals surface area contributed by atoms with Gasteiger partial charge in [0, 0.05) is 25.6 Å². The number of hydrogen-bond donors (Lipinski definition) is 1. The molecule has 0 saturated heterocycles. The topological polar surface area (TPSA) is 53.4 Å². The number of aromatic nitrogens is 1. The van der Waals surface area contributed by atoms with Crippen LogP contribution in [0.3, 0.4) is 0 Å². The summed E-state index contributed by atoms with van der Waals surface area (Å²) in [5, 5.41) is 8.91. The van der Waals surface area contributed by atoms with Crippen molar-refractivity contribution in [2.45, 2.75) is 39.7 Å². The lowest BCUT2D eigenvalue weighted by Gasteiger charge is -2.28. The van der Waals surface area contributed by atoms with Crippen LogP contribution in [-0.2, 0) is 0 Å². The number of pyridine rings is 1. The van der Waals surface area contributed by atoms with Crippen molar-refractivity contribution in [3.63, 3.8) is 0 Å². The molecule has 0 fully saturated rings. The Labute approximate surface area is 109 Å². The first-order chi connectivity index (χ1) is 8.60. The van der Waals surface area contributed by atoms with Crippen LogP contribution in [0.4, 0.5) is 5.69 Å². The van der Waals surface area contributed by atoms with E-state index in [1.807, 2.05) is 13.0 Å². The van der Waals surface area contributed by atoms with E-state index in [1.165, 1.54) is 0 Å². The molecule has 4 heteroatoms. The molecule has 1 aromatic rings. The first-order valence-electron chi connectivity index (χ1n) is 6.46. The number of ketones is 1. The maximum absolute atomic E-state index is 11.5. The Morgan fingerprint density at radius 2 is 2.17 bits per heavy atom. The van der Waals surface area contributed by atoms with E-state index in [0.29, 0.717) is 18.2 Å². The Kier molecular flexibility index (Phi) is 5.78. The highest BCUT2D eigenvalue weighted by molar-refractivity contribution is 5.94. The maximum atomic E-state index is 11.5. The zero-order valence-corrected chi connectivity index (χ0v) is 11.4. The van der Waals surface area contributed by atoms with Crippen LogP contribution in [-0.4, -0.2) is 35.1 Å². The number of rotatable bonds is 7. The Morgan fingerprint density at radius 3 is 2.61 bits per heavy atom. The van der Waals surface area contributed by atoms with E-state index in [-0.39, 0.29) is 12.4 Å². The lowest BCUT2D eigenvalue weighted by molar-refractivity contribution is 0.0983. The van der Waals surface area contributed by atoms with E-state index < -0.39 is 0 Å². The molecule has 4 nitrogen and oxygen atoms in total. The van der Waals surface area contributed by atoms with Gasteiger partial charge < -0.3 is 10.0 Å². The largest absolute Gasteiger partial charge is 0.396 e. The molecule has 0 unspecified atom stereocenters. The van der Waals surface area contributed by atoms with Crippen LogP contribution in [0.5, 0.6) is 0 Å². The minimum absolute atomic E-state index is 0.0630. The molecule has 0 aliphatic heterocycles. The SMILES string of the molecule is CCC(=O)c1ccc(N(CCCO)C(C)C)cn1. The Hall–Kier alpha value is -1.42. The molecular weight excluding hydrogens is 228 g/mol. The predicted molar refractivity (Wildman–Crippen MR) is 73.0 cm³/mol. The van der Waals surface area contributed by atoms with Crippen molar-refractivity contribution in [2.75, 3.05) is 18.1 Å². The molecule has 0 bridgehead atoms. The monoisotopic (exact) mass is 250 g/mol. The predicted octanol–water partition coefficient (Wildman–Crippen LogP) is 2.27. The van der Waals surface area contributed by atoms with Gasteiger partial charge in [0.05, 0.1) is 11.9 Å². The molecule has 0 atom stereocenters. The second-order valence-electron chi connectivity index (χ2n) is 4.54. The van der Waals surface area contributed by atoms with Crippen LogP contribution in [0.2, 0.25) is 0 Å². The summed E-state index contributed by atoms with van der Waals surface area (Å²) in [5.41, 5.74) is 1.51. The number of Topliss-reactive ketones (excluding diaryl/α,β-unsaturated/α-hetero) is 1. The van der Waals surface area contributed by atoms with E-state index in [1.54, 1.807) is 12.3 Å². The highest BCUT2D eigenvalue weighted by atomic mass is 16.3. The lowest BCUT2D eigenvalue weighted by atomic mass is 10.2. The first kappa shape index (κ1) is 14.6. The van der Waals surface area contributed by atoms with Gasteiger partial charge in [0.1, 0.15) is 5.69 Å². The van der Waals surface area contributed by atoms with Crippen molar-refractivity contribution < 1.29 is 9.90 Å². The van der Waals surface area contributed by atoms with E-state index in [9.17, 15) is 4.79 Å². The van der Waals surface area contributed by atoms with Gasteiger partial charge in [-0.05, 0) is 32.4 Å². The summed E-state index contributed by atoms with van der Waals surface area (Å²) in [5.74, 6) is 0.0630. The number of carbonyl (C=O) groups is 1. The fourth-order valence-corrected chi connectivity index (χ4v) is 1.83. The van der Waals surface area contributed by atoms with E-state index in [2.05, 4.69) is 23.7 Å². The van der Waals surface area contributed by atoms with Crippen molar-refractivity contribution in [3.8, 4) is 0 Å². The molecule has 0 aliphatic rings. The minimum atomic E-state index is 0.0630. The van der Waals surface area contributed by atoms with Gasteiger partial charge in [-0.25, -0.2) is 0 Å². The molecule has 1 rings (SSSR count). The second kappa shape index (κ2) is 7.11. The van der Waals surface area contributed by atoms with Gasteiger partial charge in [0.25, 0.3) is 0 Å². The molecule has 0 aromatic carbocycles. The van der Waals surface area contributed by atoms with Crippen molar-refractivity contribution in [1.29, 1.82) is 0 Å². The molecule has 1 N–H and O–H groups in total. The average Bonchev–Trinajstić information content (AvgIpc) is 2.38. The van der Waals surface area contributed by atoms with Crippen LogP contribution in [0.1, 0.15) is 44.1 Å². The molecule has 0 saturated carbocycles. The van der Waals surface area contributed by atoms with Gasteiger partial charge in [-0.3, -0.25) is 9.78 Å². The summed E-state index contributed by atoms with van der Waals surface area (Å²) in [6.45, 7) is 7.00. The number of aliphatic hydroxyl groups excluding tert-OH is 1. The third-order valence-corrected chi connectivity index (χ3v) is 2.87. The standard InChI is InChI=1S/C14H22N2O2/c1-4-14(18)13-7-6-12(10-15-13)16(11(2)3)8-5-9-17/h6-7,10-11,17H,4-5,8-9H2,1-3H3. The average molecular weight is 250 g/mol. The third-order valence-electron chi connectivity index (χ3n) is 2.87. The van der Waals surface area contributed by atoms with Crippen LogP contribution in [0.25, 0.3) is 0 Å². The minimum Gasteiger partial charge on any atom is -0.396 e. The Morgan fingerprint density at radius 1 is 1.44 bits per heavy atom. The molecule has 0 spiro atoms. The van der Waals surface area contributed by atoms with E-state index >= 15 is 0 Å². The van der Waals surface area contributed by atoms with Gasteiger partial charge in [-0.2, -0.15) is 0 Å². The Balaban J connectivity index is 2.83. The van der Waals surface area contributed by atoms with Crippen molar-refractivity contribution in [3.05, 3.63) is 24.0 Å². The van der Waals surface area contributed by atoms with Gasteiger partial charge in [-0.15, -0.1) is 0 Å². The van der Waals surface area contributed by atoms with Gasteiger partial charge in [-0.1, -0.05) is 6.92 Å². The maximum Gasteiger partial charge on any atom is 0.180 e. The summed E-state index contributed by atoms with van der Waals surface area (Å²) in [6, 6.07) is 4.04. The number of aliphatic hydroxyl groups is 1. The van der Waals surface area contributed by atoms with Gasteiger partial charge in [0.2, 0.25) is 0 Å². The molecule has 100 valence electrons. The lowest BCUT2D eigenvalue weighted by Crippen LogP contribution is -2.32. The summed E-state index contributed by atoms with van der Waals surface area (Å²) in [7, 11) is 0. The van der Waals surface area contributed by atoms with Crippen molar-refractivity contribution in [1.82, 2.24) is 4.98 Å². The van der Waals surface area contributed by atoms with Gasteiger partial charge >= 0.3 is 0 Å². The quantitative estimate of drug-likeness (QED) is 0.754. The van der Waals surface area contributed by atoms with E-state index in [0.717, 1.165) is 18.7 Å². The molecule has 1 aromatic heterocycles. The molecular formula is C14H22N2O2. The number of anilines is 1. The van der Waals surface area contributed by atoms with E-state index in [4.69, 9.17) is 5.11 Å². The third kappa shape index (κ3) is 3.81. The normalized spacial score (nSPS) is 10.7. The van der Waals surface area contributed by atoms with Crippen molar-refractivity contribution >= 4 is 11.5 Å². The molecule has 1 heterocycles. The fraction of sp³-hybridized carbons (Fsp3) is 0.571. The highest BCUT2D eigenvalue weighted by Gasteiger charge is 2.11. The van der Waals surface area contributed by atoms with Crippen LogP contribution < -0.4 is 4.90 Å². The molecule has 0 radical (unpaired) electrons. The Bertz CT molecular complexity index is 374. The number of nitrogens with zero attached hydrogens (tertiary/aromatic N) is 2. The molecule has 18 heavy (non-hydrogen) atoms. The zero-order chi connectivity index (χ0) is 13.5. The van der Waals surface area contributed by atoms with Crippen LogP contribution in [0.15, 0.2) is 18.3 Å². The molecule has 0 aliphatic carbocycles. The zero-order valence-electron chi connectivity index (χ0n) is 11.4. The van der Waals surface area contributed by atoms with Crippen molar-refractivity contribution in [2.24, 2.45) is 0 Å². The van der Waals surface area contributed by atoms with Crippen LogP contribution >= 0.6 is 0 Å². The highest BCUT2D eigenvalue weighted by Crippen LogP contribution is 2.17. The summed E-state index contributed by atoms with van der Waals surface area (Å²) < 4.78 is 0. The number of carbonyl (C=O) groups excluding carboxylic acids is 1. The molecule has 0 amide bonds. The smallest absolute Gasteiger partial charge is 0.180 e. The fourth-order valence-electron chi connectivity index (χ4n) is 1.83. The summed E-state index contributed by atoms with van der Waals surface area (Å²) in [6.07, 6.45) is 2.94. The van der Waals surface area contributed by atoms with Gasteiger partial charge in [0.15, 0.2) is 5.78 Å². The second-order valence-corrected chi connectivity index (χ2v) is 4.54. The first-order valence-corrected chi connectivity index (χ1v) is 6.46. The number of hydrogen-bond acceptors (Lipinski definition) is 4. The van der Waals surface area contributed by atoms with Crippen LogP contribution in [0, 0.1) is 0 Å². The summed E-state index contributed by atoms with van der Waals surface area (Å²) >= 11 is 0. The summed E-state index contributed by atoms with van der Waals surface area (Å²) in [4.78, 5) is 17.9.